The molecule has 1 aromatic heterocycles. The van der Waals surface area contributed by atoms with Crippen molar-refractivity contribution in [2.24, 2.45) is 0 Å². The van der Waals surface area contributed by atoms with Crippen LogP contribution in [0.1, 0.15) is 6.42 Å². The van der Waals surface area contributed by atoms with Crippen LogP contribution in [0.4, 0.5) is 16.4 Å². The summed E-state index contributed by atoms with van der Waals surface area (Å²) in [5.74, 6) is 0.791. The number of halogens is 2. The zero-order valence-electron chi connectivity index (χ0n) is 15.1. The number of piperazine rings is 1. The maximum atomic E-state index is 12.3. The van der Waals surface area contributed by atoms with Gasteiger partial charge in [-0.1, -0.05) is 23.2 Å². The second-order valence-electron chi connectivity index (χ2n) is 6.62. The molecule has 0 radical (unpaired) electrons. The van der Waals surface area contributed by atoms with Gasteiger partial charge in [0.2, 0.25) is 5.95 Å². The third kappa shape index (κ3) is 4.46. The van der Waals surface area contributed by atoms with E-state index < -0.39 is 0 Å². The number of nitrogens with one attached hydrogen (secondary N) is 1. The number of amides is 2. The lowest BCUT2D eigenvalue weighted by atomic mass is 10.3. The summed E-state index contributed by atoms with van der Waals surface area (Å²) >= 11 is 13.7. The number of urea groups is 1. The third-order valence-corrected chi connectivity index (χ3v) is 6.54. The Kier molecular flexibility index (Phi) is 6.10. The molecule has 0 saturated carbocycles. The average Bonchev–Trinajstić information content (AvgIpc) is 2.70. The molecular weight excluding hydrogens is 419 g/mol. The predicted octanol–water partition coefficient (Wildman–Crippen LogP) is 3.85. The summed E-state index contributed by atoms with van der Waals surface area (Å²) in [6.07, 6.45) is 4.44. The zero-order valence-corrected chi connectivity index (χ0v) is 17.5. The van der Waals surface area contributed by atoms with E-state index in [4.69, 9.17) is 23.2 Å². The van der Waals surface area contributed by atoms with Crippen LogP contribution in [0.2, 0.25) is 10.0 Å². The molecule has 1 aromatic carbocycles. The van der Waals surface area contributed by atoms with Crippen LogP contribution < -0.4 is 10.2 Å². The predicted molar refractivity (Wildman–Crippen MR) is 113 cm³/mol. The van der Waals surface area contributed by atoms with Gasteiger partial charge in [-0.15, -0.1) is 0 Å². The molecule has 1 fully saturated rings. The van der Waals surface area contributed by atoms with Crippen molar-refractivity contribution in [3.8, 4) is 0 Å². The van der Waals surface area contributed by atoms with Crippen LogP contribution in [0, 0.1) is 0 Å². The molecule has 4 rings (SSSR count). The number of fused-ring (bicyclic) bond motifs is 1. The van der Waals surface area contributed by atoms with Gasteiger partial charge in [-0.25, -0.2) is 14.8 Å². The molecule has 0 atom stereocenters. The third-order valence-electron chi connectivity index (χ3n) is 4.72. The summed E-state index contributed by atoms with van der Waals surface area (Å²) in [6.45, 7) is 5.33. The van der Waals surface area contributed by atoms with Crippen molar-refractivity contribution in [1.29, 1.82) is 0 Å². The lowest BCUT2D eigenvalue weighted by Gasteiger charge is -2.35. The maximum Gasteiger partial charge on any atom is 0.332 e. The van der Waals surface area contributed by atoms with E-state index in [1.807, 2.05) is 6.07 Å². The molecule has 1 saturated heterocycles. The Morgan fingerprint density at radius 1 is 1.07 bits per heavy atom. The van der Waals surface area contributed by atoms with E-state index in [0.29, 0.717) is 22.3 Å². The molecule has 7 nitrogen and oxygen atoms in total. The molecule has 2 aromatic rings. The van der Waals surface area contributed by atoms with Crippen LogP contribution in [0.5, 0.6) is 0 Å². The fourth-order valence-electron chi connectivity index (χ4n) is 3.29. The van der Waals surface area contributed by atoms with E-state index >= 15 is 0 Å². The Morgan fingerprint density at radius 3 is 2.57 bits per heavy atom. The quantitative estimate of drug-likeness (QED) is 0.715. The molecule has 0 spiro atoms. The van der Waals surface area contributed by atoms with E-state index in [2.05, 4.69) is 25.1 Å². The van der Waals surface area contributed by atoms with Crippen molar-refractivity contribution in [3.63, 3.8) is 0 Å². The van der Waals surface area contributed by atoms with Crippen molar-refractivity contribution in [2.75, 3.05) is 49.5 Å². The van der Waals surface area contributed by atoms with E-state index in [1.54, 1.807) is 28.8 Å². The van der Waals surface area contributed by atoms with Gasteiger partial charge in [0.25, 0.3) is 0 Å². The molecule has 0 aliphatic carbocycles. The molecule has 3 heterocycles. The van der Waals surface area contributed by atoms with Crippen molar-refractivity contribution >= 4 is 52.8 Å². The number of aromatic nitrogens is 2. The number of anilines is 2. The summed E-state index contributed by atoms with van der Waals surface area (Å²) in [5, 5.41) is 3.93. The first kappa shape index (κ1) is 19.6. The normalized spacial score (nSPS) is 17.4. The second-order valence-corrected chi connectivity index (χ2v) is 8.49. The fourth-order valence-corrected chi connectivity index (χ4v) is 4.81. The minimum atomic E-state index is -0.137. The Labute approximate surface area is 178 Å². The van der Waals surface area contributed by atoms with Crippen LogP contribution in [0.15, 0.2) is 35.5 Å². The summed E-state index contributed by atoms with van der Waals surface area (Å²) in [4.78, 5) is 26.4. The molecule has 0 unspecified atom stereocenters. The molecule has 148 valence electrons. The van der Waals surface area contributed by atoms with Gasteiger partial charge in [0.1, 0.15) is 0 Å². The Morgan fingerprint density at radius 2 is 1.82 bits per heavy atom. The highest BCUT2D eigenvalue weighted by molar-refractivity contribution is 7.98. The number of rotatable bonds is 5. The van der Waals surface area contributed by atoms with Crippen LogP contribution in [0.3, 0.4) is 0 Å². The number of nitrogens with zero attached hydrogens (tertiary/aromatic N) is 5. The van der Waals surface area contributed by atoms with Crippen LogP contribution in [0.25, 0.3) is 0 Å². The number of benzene rings is 1. The minimum Gasteiger partial charge on any atom is -0.338 e. The lowest BCUT2D eigenvalue weighted by Crippen LogP contribution is -2.47. The second kappa shape index (κ2) is 8.73. The van der Waals surface area contributed by atoms with Gasteiger partial charge in [0.15, 0.2) is 0 Å². The SMILES string of the molecule is O=C1Nc2cc(Cl)cc(Cl)c2SN1CCCN1CCN(c2ncccn2)CC1. The van der Waals surface area contributed by atoms with Crippen molar-refractivity contribution in [3.05, 3.63) is 40.6 Å². The fraction of sp³-hybridized carbons (Fsp3) is 0.389. The summed E-state index contributed by atoms with van der Waals surface area (Å²) in [7, 11) is 0. The van der Waals surface area contributed by atoms with E-state index in [1.165, 1.54) is 11.9 Å². The van der Waals surface area contributed by atoms with E-state index in [-0.39, 0.29) is 6.03 Å². The summed E-state index contributed by atoms with van der Waals surface area (Å²) < 4.78 is 1.72. The molecule has 2 amide bonds. The molecule has 1 N–H and O–H groups in total. The van der Waals surface area contributed by atoms with Gasteiger partial charge in [0, 0.05) is 56.7 Å². The monoisotopic (exact) mass is 438 g/mol. The molecular formula is C18H20Cl2N6OS. The molecule has 0 bridgehead atoms. The van der Waals surface area contributed by atoms with Crippen molar-refractivity contribution < 1.29 is 4.79 Å². The van der Waals surface area contributed by atoms with Gasteiger partial charge in [-0.05, 0) is 36.6 Å². The van der Waals surface area contributed by atoms with Gasteiger partial charge in [0.05, 0.1) is 15.6 Å². The summed E-state index contributed by atoms with van der Waals surface area (Å²) in [6, 6.07) is 5.11. The molecule has 2 aliphatic heterocycles. The Bertz CT molecular complexity index is 847. The van der Waals surface area contributed by atoms with E-state index in [9.17, 15) is 4.79 Å². The van der Waals surface area contributed by atoms with Crippen LogP contribution in [-0.4, -0.2) is 64.5 Å². The highest BCUT2D eigenvalue weighted by Gasteiger charge is 2.26. The number of carbonyl (C=O) groups excluding carboxylic acids is 1. The first-order chi connectivity index (χ1) is 13.6. The Balaban J connectivity index is 1.25. The largest absolute Gasteiger partial charge is 0.338 e. The topological polar surface area (TPSA) is 64.6 Å². The number of hydrogen-bond acceptors (Lipinski definition) is 6. The Hall–Kier alpha value is -1.74. The van der Waals surface area contributed by atoms with Crippen LogP contribution in [-0.2, 0) is 0 Å². The zero-order chi connectivity index (χ0) is 19.5. The lowest BCUT2D eigenvalue weighted by molar-refractivity contribution is 0.228. The number of hydrogen-bond donors (Lipinski definition) is 1. The molecule has 10 heteroatoms. The molecule has 2 aliphatic rings. The number of carbonyl (C=O) groups is 1. The van der Waals surface area contributed by atoms with Gasteiger partial charge < -0.3 is 10.2 Å². The van der Waals surface area contributed by atoms with Crippen LogP contribution >= 0.6 is 35.1 Å². The van der Waals surface area contributed by atoms with Crippen molar-refractivity contribution in [1.82, 2.24) is 19.2 Å². The first-order valence-electron chi connectivity index (χ1n) is 9.10. The highest BCUT2D eigenvalue weighted by atomic mass is 35.5. The van der Waals surface area contributed by atoms with Crippen molar-refractivity contribution in [2.45, 2.75) is 11.3 Å². The standard InChI is InChI=1S/C18H20Cl2N6OS/c19-13-11-14(20)16-15(12-13)23-18(27)26(28-16)6-2-5-24-7-9-25(10-8-24)17-21-3-1-4-22-17/h1,3-4,11-12H,2,5-10H2,(H,23,27). The van der Waals surface area contributed by atoms with Gasteiger partial charge in [-0.3, -0.25) is 9.21 Å². The van der Waals surface area contributed by atoms with Gasteiger partial charge >= 0.3 is 6.03 Å². The first-order valence-corrected chi connectivity index (χ1v) is 10.6. The van der Waals surface area contributed by atoms with E-state index in [0.717, 1.165) is 50.0 Å². The summed E-state index contributed by atoms with van der Waals surface area (Å²) in [5.41, 5.74) is 0.669. The average molecular weight is 439 g/mol. The minimum absolute atomic E-state index is 0.137. The molecule has 28 heavy (non-hydrogen) atoms. The highest BCUT2D eigenvalue weighted by Crippen LogP contribution is 2.41. The smallest absolute Gasteiger partial charge is 0.332 e. The maximum absolute atomic E-state index is 12.3. The van der Waals surface area contributed by atoms with Gasteiger partial charge in [-0.2, -0.15) is 0 Å².